The SMILES string of the molecule is CC[C@H]1OC(=O)[C@H](C)[C@@H](O)[C@H](C)[C@@H](O[C@@H]2O[C@H](C)C[C@H](N(C)C)[C@H]2O)[C@](C)(OC)C[C@@H](C)CC(C)[C@@H](CCOC(=O)c2cnc3ccccc3c2)[C@]1(C)O. The maximum Gasteiger partial charge on any atom is 0.339 e. The van der Waals surface area contributed by atoms with E-state index >= 15 is 0 Å². The summed E-state index contributed by atoms with van der Waals surface area (Å²) >= 11 is 0. The molecule has 12 heteroatoms. The molecule has 0 radical (unpaired) electrons. The Kier molecular flexibility index (Phi) is 15.1. The summed E-state index contributed by atoms with van der Waals surface area (Å²) in [5.74, 6) is -3.34. The number of ether oxygens (including phenoxy) is 5. The van der Waals surface area contributed by atoms with Crippen molar-refractivity contribution >= 4 is 22.8 Å². The zero-order valence-electron chi connectivity index (χ0n) is 34.2. The average molecular weight is 759 g/mol. The summed E-state index contributed by atoms with van der Waals surface area (Å²) in [6, 6.07) is 9.08. The highest BCUT2D eigenvalue weighted by molar-refractivity contribution is 5.93. The van der Waals surface area contributed by atoms with Crippen LogP contribution in [0.5, 0.6) is 0 Å². The maximum atomic E-state index is 13.8. The minimum Gasteiger partial charge on any atom is -0.462 e. The first-order chi connectivity index (χ1) is 25.3. The Morgan fingerprint density at radius 3 is 2.39 bits per heavy atom. The topological polar surface area (TPSA) is 157 Å². The van der Waals surface area contributed by atoms with Crippen molar-refractivity contribution in [3.05, 3.63) is 42.1 Å². The summed E-state index contributed by atoms with van der Waals surface area (Å²) < 4.78 is 31.0. The number of carbonyl (C=O) groups is 2. The van der Waals surface area contributed by atoms with Crippen LogP contribution in [0.15, 0.2) is 36.5 Å². The molecule has 0 spiro atoms. The highest BCUT2D eigenvalue weighted by atomic mass is 16.7. The number of pyridine rings is 1. The smallest absolute Gasteiger partial charge is 0.339 e. The van der Waals surface area contributed by atoms with Crippen LogP contribution in [-0.2, 0) is 28.5 Å². The fraction of sp³-hybridized carbons (Fsp3) is 0.738. The van der Waals surface area contributed by atoms with Crippen LogP contribution < -0.4 is 0 Å². The molecule has 14 atom stereocenters. The number of rotatable bonds is 9. The van der Waals surface area contributed by atoms with Gasteiger partial charge in [0, 0.05) is 30.7 Å². The van der Waals surface area contributed by atoms with Crippen LogP contribution in [0.1, 0.15) is 97.9 Å². The van der Waals surface area contributed by atoms with Crippen LogP contribution >= 0.6 is 0 Å². The number of aliphatic hydroxyl groups is 3. The second-order valence-electron chi connectivity index (χ2n) is 16.8. The van der Waals surface area contributed by atoms with E-state index in [2.05, 4.69) is 18.8 Å². The van der Waals surface area contributed by atoms with Crippen molar-refractivity contribution in [3.8, 4) is 0 Å². The van der Waals surface area contributed by atoms with E-state index in [1.54, 1.807) is 27.0 Å². The van der Waals surface area contributed by atoms with Gasteiger partial charge in [-0.15, -0.1) is 0 Å². The first kappa shape index (κ1) is 44.0. The van der Waals surface area contributed by atoms with Gasteiger partial charge in [0.25, 0.3) is 0 Å². The molecule has 0 amide bonds. The molecule has 2 fully saturated rings. The third-order valence-electron chi connectivity index (χ3n) is 12.3. The molecule has 2 aliphatic heterocycles. The van der Waals surface area contributed by atoms with E-state index in [0.29, 0.717) is 37.7 Å². The highest BCUT2D eigenvalue weighted by Crippen LogP contribution is 2.42. The summed E-state index contributed by atoms with van der Waals surface area (Å²) in [5.41, 5.74) is -1.37. The minimum atomic E-state index is -1.49. The molecule has 3 heterocycles. The van der Waals surface area contributed by atoms with Gasteiger partial charge in [-0.3, -0.25) is 9.78 Å². The van der Waals surface area contributed by atoms with Crippen molar-refractivity contribution in [3.63, 3.8) is 0 Å². The number of hydrogen-bond donors (Lipinski definition) is 3. The number of methoxy groups -OCH3 is 1. The van der Waals surface area contributed by atoms with Crippen LogP contribution in [0, 0.1) is 29.6 Å². The van der Waals surface area contributed by atoms with E-state index in [0.717, 1.165) is 10.9 Å². The lowest BCUT2D eigenvalue weighted by molar-refractivity contribution is -0.301. The van der Waals surface area contributed by atoms with Crippen LogP contribution in [0.25, 0.3) is 10.9 Å². The fourth-order valence-electron chi connectivity index (χ4n) is 9.09. The van der Waals surface area contributed by atoms with Crippen molar-refractivity contribution in [1.82, 2.24) is 9.88 Å². The van der Waals surface area contributed by atoms with Crippen LogP contribution in [0.2, 0.25) is 0 Å². The molecule has 2 saturated heterocycles. The Balaban J connectivity index is 1.63. The average Bonchev–Trinajstić information content (AvgIpc) is 3.13. The number of benzene rings is 1. The number of fused-ring (bicyclic) bond motifs is 1. The summed E-state index contributed by atoms with van der Waals surface area (Å²) in [4.78, 5) is 33.3. The number of para-hydroxylation sites is 1. The molecule has 2 aromatic rings. The molecule has 1 unspecified atom stereocenters. The molecular formula is C42H66N2O10. The standard InChI is InChI=1S/C42H66N2O10/c1-12-34-42(8,49)31(17-18-51-39(48)30-21-29-15-13-14-16-32(29)43-23-30)25(3)19-24(2)22-41(7,50-11)37(27(5)35(45)28(6)38(47)53-34)54-40-36(46)33(44(9)10)20-26(4)52-40/h13-16,21,23-28,31,33-37,40,45-46,49H,12,17-20,22H2,1-11H3/t24-,25?,26+,27-,28+,31+,33-,34+,35-,36+,37+,40-,41+,42-/m0/s1. The van der Waals surface area contributed by atoms with Crippen LogP contribution in [0.3, 0.4) is 0 Å². The molecule has 4 rings (SSSR count). The first-order valence-electron chi connectivity index (χ1n) is 19.7. The lowest BCUT2D eigenvalue weighted by Crippen LogP contribution is -2.59. The Hall–Kier alpha value is -2.71. The normalized spacial score (nSPS) is 38.8. The monoisotopic (exact) mass is 758 g/mol. The summed E-state index contributed by atoms with van der Waals surface area (Å²) in [6.07, 6.45) is -1.15. The number of aromatic nitrogens is 1. The zero-order valence-corrected chi connectivity index (χ0v) is 34.2. The minimum absolute atomic E-state index is 0.0264. The fourth-order valence-corrected chi connectivity index (χ4v) is 9.09. The Bertz CT molecular complexity index is 1540. The lowest BCUT2D eigenvalue weighted by atomic mass is 9.70. The van der Waals surface area contributed by atoms with Crippen molar-refractivity contribution < 1.29 is 48.6 Å². The second kappa shape index (κ2) is 18.5. The third kappa shape index (κ3) is 9.99. The third-order valence-corrected chi connectivity index (χ3v) is 12.3. The van der Waals surface area contributed by atoms with Gasteiger partial charge < -0.3 is 43.9 Å². The summed E-state index contributed by atoms with van der Waals surface area (Å²) in [7, 11) is 5.42. The van der Waals surface area contributed by atoms with Crippen molar-refractivity contribution in [1.29, 1.82) is 0 Å². The number of aliphatic hydroxyl groups excluding tert-OH is 2. The molecule has 1 aromatic carbocycles. The van der Waals surface area contributed by atoms with E-state index in [9.17, 15) is 24.9 Å². The van der Waals surface area contributed by atoms with Gasteiger partial charge in [-0.05, 0) is 104 Å². The molecule has 0 saturated carbocycles. The van der Waals surface area contributed by atoms with Crippen LogP contribution in [0.4, 0.5) is 0 Å². The lowest BCUT2D eigenvalue weighted by Gasteiger charge is -2.48. The van der Waals surface area contributed by atoms with Gasteiger partial charge in [0.1, 0.15) is 17.8 Å². The number of likely N-dealkylation sites (N-methyl/N-ethyl adjacent to an activating group) is 1. The van der Waals surface area contributed by atoms with Crippen molar-refractivity contribution in [2.45, 2.75) is 142 Å². The van der Waals surface area contributed by atoms with Crippen LogP contribution in [-0.4, -0.2) is 119 Å². The molecule has 0 aliphatic carbocycles. The quantitative estimate of drug-likeness (QED) is 0.281. The number of nitrogens with zero attached hydrogens (tertiary/aromatic N) is 2. The molecule has 3 N–H and O–H groups in total. The first-order valence-corrected chi connectivity index (χ1v) is 19.7. The van der Waals surface area contributed by atoms with Gasteiger partial charge >= 0.3 is 11.9 Å². The highest BCUT2D eigenvalue weighted by Gasteiger charge is 2.50. The molecule has 1 aromatic heterocycles. The Labute approximate surface area is 321 Å². The van der Waals surface area contributed by atoms with E-state index in [4.69, 9.17) is 23.7 Å². The number of esters is 2. The van der Waals surface area contributed by atoms with Gasteiger partial charge in [-0.1, -0.05) is 45.9 Å². The predicted octanol–water partition coefficient (Wildman–Crippen LogP) is 5.39. The molecule has 12 nitrogen and oxygen atoms in total. The van der Waals surface area contributed by atoms with E-state index in [-0.39, 0.29) is 30.6 Å². The molecule has 304 valence electrons. The van der Waals surface area contributed by atoms with Crippen molar-refractivity contribution in [2.24, 2.45) is 29.6 Å². The molecule has 0 bridgehead atoms. The molecule has 2 aliphatic rings. The van der Waals surface area contributed by atoms with Gasteiger partial charge in [0.15, 0.2) is 6.29 Å². The van der Waals surface area contributed by atoms with Gasteiger partial charge in [0.05, 0.1) is 47.5 Å². The number of cyclic esters (lactones) is 1. The van der Waals surface area contributed by atoms with Gasteiger partial charge in [0.2, 0.25) is 0 Å². The van der Waals surface area contributed by atoms with E-state index in [1.807, 2.05) is 71.0 Å². The number of carbonyl (C=O) groups excluding carboxylic acids is 2. The maximum absolute atomic E-state index is 13.8. The summed E-state index contributed by atoms with van der Waals surface area (Å²) in [5, 5.41) is 36.4. The van der Waals surface area contributed by atoms with Crippen molar-refractivity contribution in [2.75, 3.05) is 27.8 Å². The van der Waals surface area contributed by atoms with Gasteiger partial charge in [-0.2, -0.15) is 0 Å². The summed E-state index contributed by atoms with van der Waals surface area (Å²) in [6.45, 7) is 15.0. The van der Waals surface area contributed by atoms with Gasteiger partial charge in [-0.25, -0.2) is 4.79 Å². The number of hydrogen-bond acceptors (Lipinski definition) is 12. The Morgan fingerprint density at radius 2 is 1.74 bits per heavy atom. The zero-order chi connectivity index (χ0) is 40.1. The van der Waals surface area contributed by atoms with E-state index in [1.165, 1.54) is 6.20 Å². The molecular weight excluding hydrogens is 692 g/mol. The second-order valence-corrected chi connectivity index (χ2v) is 16.8. The largest absolute Gasteiger partial charge is 0.462 e. The molecule has 54 heavy (non-hydrogen) atoms. The Morgan fingerprint density at radius 1 is 1.06 bits per heavy atom. The van der Waals surface area contributed by atoms with E-state index < -0.39 is 71.6 Å². The predicted molar refractivity (Wildman–Crippen MR) is 206 cm³/mol.